The molecule has 0 saturated carbocycles. The van der Waals surface area contributed by atoms with Gasteiger partial charge in [-0.2, -0.15) is 5.10 Å². The Morgan fingerprint density at radius 3 is 3.00 bits per heavy atom. The number of nitrogens with one attached hydrogen (secondary N) is 2. The first-order valence-electron chi connectivity index (χ1n) is 4.02. The highest BCUT2D eigenvalue weighted by Crippen LogP contribution is 2.24. The second-order valence-electron chi connectivity index (χ2n) is 2.81. The van der Waals surface area contributed by atoms with Gasteiger partial charge in [0.15, 0.2) is 5.82 Å². The van der Waals surface area contributed by atoms with Crippen molar-refractivity contribution in [3.05, 3.63) is 28.3 Å². The average Bonchev–Trinajstić information content (AvgIpc) is 2.59. The number of rotatable bonds is 2. The fraction of sp³-hybridized carbons (Fsp3) is 0.125. The monoisotopic (exact) mass is 192 g/mol. The molecule has 0 spiro atoms. The van der Waals surface area contributed by atoms with Crippen LogP contribution in [0, 0.1) is 10.1 Å². The molecule has 1 aromatic heterocycles. The van der Waals surface area contributed by atoms with Crippen LogP contribution in [0.2, 0.25) is 0 Å². The first-order valence-corrected chi connectivity index (χ1v) is 4.02. The van der Waals surface area contributed by atoms with Crippen molar-refractivity contribution >= 4 is 22.4 Å². The van der Waals surface area contributed by atoms with Crippen LogP contribution in [-0.4, -0.2) is 22.2 Å². The fourth-order valence-corrected chi connectivity index (χ4v) is 1.31. The topological polar surface area (TPSA) is 83.8 Å². The maximum absolute atomic E-state index is 10.5. The number of aromatic amines is 1. The van der Waals surface area contributed by atoms with E-state index in [4.69, 9.17) is 0 Å². The van der Waals surface area contributed by atoms with Gasteiger partial charge in [0.05, 0.1) is 15.8 Å². The third-order valence-electron chi connectivity index (χ3n) is 1.99. The predicted molar refractivity (Wildman–Crippen MR) is 52.3 cm³/mol. The van der Waals surface area contributed by atoms with Crippen molar-refractivity contribution in [2.24, 2.45) is 0 Å². The maximum atomic E-state index is 10.5. The Labute approximate surface area is 79.1 Å². The highest BCUT2D eigenvalue weighted by molar-refractivity contribution is 5.91. The average molecular weight is 192 g/mol. The fourth-order valence-electron chi connectivity index (χ4n) is 1.31. The van der Waals surface area contributed by atoms with Crippen LogP contribution < -0.4 is 5.32 Å². The largest absolute Gasteiger partial charge is 0.371 e. The van der Waals surface area contributed by atoms with Gasteiger partial charge in [-0.05, 0) is 6.07 Å². The van der Waals surface area contributed by atoms with Gasteiger partial charge in [-0.15, -0.1) is 0 Å². The number of hydrogen-bond acceptors (Lipinski definition) is 4. The number of nitrogens with zero attached hydrogens (tertiary/aromatic N) is 2. The summed E-state index contributed by atoms with van der Waals surface area (Å²) in [4.78, 5) is 10.1. The van der Waals surface area contributed by atoms with Crippen molar-refractivity contribution in [3.63, 3.8) is 0 Å². The molecule has 0 aliphatic heterocycles. The van der Waals surface area contributed by atoms with Gasteiger partial charge < -0.3 is 5.32 Å². The summed E-state index contributed by atoms with van der Waals surface area (Å²) in [6.45, 7) is 0. The number of nitro benzene ring substituents is 1. The Morgan fingerprint density at radius 1 is 1.57 bits per heavy atom. The SMILES string of the molecule is CNc1n[nH]c2ccc([N+](=O)[O-])cc12. The van der Waals surface area contributed by atoms with E-state index in [1.807, 2.05) is 0 Å². The van der Waals surface area contributed by atoms with Gasteiger partial charge in [-0.3, -0.25) is 15.2 Å². The third kappa shape index (κ3) is 1.17. The molecule has 2 N–H and O–H groups in total. The van der Waals surface area contributed by atoms with E-state index in [1.54, 1.807) is 13.1 Å². The smallest absolute Gasteiger partial charge is 0.270 e. The second kappa shape index (κ2) is 2.99. The first-order chi connectivity index (χ1) is 6.72. The van der Waals surface area contributed by atoms with E-state index in [9.17, 15) is 10.1 Å². The quantitative estimate of drug-likeness (QED) is 0.558. The lowest BCUT2D eigenvalue weighted by atomic mass is 10.2. The van der Waals surface area contributed by atoms with Gasteiger partial charge in [0.25, 0.3) is 5.69 Å². The molecule has 0 aliphatic rings. The molecule has 0 unspecified atom stereocenters. The van der Waals surface area contributed by atoms with Gasteiger partial charge >= 0.3 is 0 Å². The second-order valence-corrected chi connectivity index (χ2v) is 2.81. The summed E-state index contributed by atoms with van der Waals surface area (Å²) >= 11 is 0. The Balaban J connectivity index is 2.67. The molecule has 2 rings (SSSR count). The molecule has 14 heavy (non-hydrogen) atoms. The highest BCUT2D eigenvalue weighted by Gasteiger charge is 2.10. The molecule has 72 valence electrons. The summed E-state index contributed by atoms with van der Waals surface area (Å²) in [5, 5.41) is 20.8. The summed E-state index contributed by atoms with van der Waals surface area (Å²) in [6, 6.07) is 4.58. The number of aromatic nitrogens is 2. The molecule has 0 saturated heterocycles. The number of non-ortho nitro benzene ring substituents is 1. The zero-order valence-electron chi connectivity index (χ0n) is 7.44. The van der Waals surface area contributed by atoms with Crippen molar-refractivity contribution in [1.29, 1.82) is 0 Å². The molecule has 0 atom stereocenters. The van der Waals surface area contributed by atoms with E-state index in [0.29, 0.717) is 5.82 Å². The van der Waals surface area contributed by atoms with E-state index in [1.165, 1.54) is 12.1 Å². The normalized spacial score (nSPS) is 10.4. The molecular weight excluding hydrogens is 184 g/mol. The van der Waals surface area contributed by atoms with Crippen LogP contribution in [0.3, 0.4) is 0 Å². The molecular formula is C8H8N4O2. The van der Waals surface area contributed by atoms with Crippen LogP contribution in [0.15, 0.2) is 18.2 Å². The minimum Gasteiger partial charge on any atom is -0.371 e. The molecule has 6 nitrogen and oxygen atoms in total. The summed E-state index contributed by atoms with van der Waals surface area (Å²) in [5.41, 5.74) is 0.843. The maximum Gasteiger partial charge on any atom is 0.270 e. The number of hydrogen-bond donors (Lipinski definition) is 2. The van der Waals surface area contributed by atoms with Crippen LogP contribution in [-0.2, 0) is 0 Å². The molecule has 0 bridgehead atoms. The van der Waals surface area contributed by atoms with Crippen LogP contribution in [0.1, 0.15) is 0 Å². The summed E-state index contributed by atoms with van der Waals surface area (Å²) < 4.78 is 0. The molecule has 0 amide bonds. The van der Waals surface area contributed by atoms with Crippen LogP contribution in [0.5, 0.6) is 0 Å². The summed E-state index contributed by atoms with van der Waals surface area (Å²) in [6.07, 6.45) is 0. The Morgan fingerprint density at radius 2 is 2.36 bits per heavy atom. The molecule has 0 aliphatic carbocycles. The first kappa shape index (κ1) is 8.49. The zero-order valence-corrected chi connectivity index (χ0v) is 7.44. The van der Waals surface area contributed by atoms with Crippen LogP contribution in [0.4, 0.5) is 11.5 Å². The summed E-state index contributed by atoms with van der Waals surface area (Å²) in [7, 11) is 1.72. The van der Waals surface area contributed by atoms with E-state index < -0.39 is 4.92 Å². The number of fused-ring (bicyclic) bond motifs is 1. The minimum atomic E-state index is -0.425. The molecule has 0 radical (unpaired) electrons. The van der Waals surface area contributed by atoms with Crippen LogP contribution >= 0.6 is 0 Å². The molecule has 2 aromatic rings. The van der Waals surface area contributed by atoms with E-state index >= 15 is 0 Å². The third-order valence-corrected chi connectivity index (χ3v) is 1.99. The van der Waals surface area contributed by atoms with Crippen molar-refractivity contribution in [3.8, 4) is 0 Å². The standard InChI is InChI=1S/C8H8N4O2/c1-9-8-6-4-5(12(13)14)2-3-7(6)10-11-8/h2-4H,1H3,(H2,9,10,11). The van der Waals surface area contributed by atoms with Gasteiger partial charge in [0.2, 0.25) is 0 Å². The number of nitro groups is 1. The van der Waals surface area contributed by atoms with Gasteiger partial charge in [0, 0.05) is 19.2 Å². The van der Waals surface area contributed by atoms with Gasteiger partial charge in [-0.1, -0.05) is 0 Å². The van der Waals surface area contributed by atoms with Crippen molar-refractivity contribution in [2.75, 3.05) is 12.4 Å². The highest BCUT2D eigenvalue weighted by atomic mass is 16.6. The summed E-state index contributed by atoms with van der Waals surface area (Å²) in [5.74, 6) is 0.615. The van der Waals surface area contributed by atoms with Crippen molar-refractivity contribution < 1.29 is 4.92 Å². The molecule has 1 heterocycles. The lowest BCUT2D eigenvalue weighted by Gasteiger charge is -1.94. The van der Waals surface area contributed by atoms with Crippen LogP contribution in [0.25, 0.3) is 10.9 Å². The van der Waals surface area contributed by atoms with Crippen molar-refractivity contribution in [1.82, 2.24) is 10.2 Å². The van der Waals surface area contributed by atoms with E-state index in [2.05, 4.69) is 15.5 Å². The lowest BCUT2D eigenvalue weighted by molar-refractivity contribution is -0.384. The zero-order chi connectivity index (χ0) is 10.1. The van der Waals surface area contributed by atoms with Gasteiger partial charge in [0.1, 0.15) is 0 Å². The molecule has 1 aromatic carbocycles. The lowest BCUT2D eigenvalue weighted by Crippen LogP contribution is -1.89. The van der Waals surface area contributed by atoms with E-state index in [-0.39, 0.29) is 5.69 Å². The molecule has 6 heteroatoms. The number of anilines is 1. The van der Waals surface area contributed by atoms with Gasteiger partial charge in [-0.25, -0.2) is 0 Å². The number of benzene rings is 1. The Bertz CT molecular complexity index is 491. The molecule has 0 fully saturated rings. The predicted octanol–water partition coefficient (Wildman–Crippen LogP) is 1.51. The Hall–Kier alpha value is -2.11. The number of H-pyrrole nitrogens is 1. The Kier molecular flexibility index (Phi) is 1.81. The van der Waals surface area contributed by atoms with E-state index in [0.717, 1.165) is 10.9 Å². The van der Waals surface area contributed by atoms with Crippen molar-refractivity contribution in [2.45, 2.75) is 0 Å². The minimum absolute atomic E-state index is 0.0652.